The first-order valence-corrected chi connectivity index (χ1v) is 8.61. The van der Waals surface area contributed by atoms with Gasteiger partial charge >= 0.3 is 0 Å². The van der Waals surface area contributed by atoms with Crippen molar-refractivity contribution < 1.29 is 13.5 Å². The molecule has 0 spiro atoms. The minimum Gasteiger partial charge on any atom is -0.393 e. The summed E-state index contributed by atoms with van der Waals surface area (Å²) in [5, 5.41) is 9.80. The van der Waals surface area contributed by atoms with Crippen molar-refractivity contribution in [2.45, 2.75) is 48.8 Å². The highest BCUT2D eigenvalue weighted by Gasteiger charge is 2.40. The predicted octanol–water partition coefficient (Wildman–Crippen LogP) is 1.58. The zero-order valence-electron chi connectivity index (χ0n) is 11.0. The van der Waals surface area contributed by atoms with Crippen LogP contribution in [0.4, 0.5) is 5.69 Å². The fraction of sp³-hybridized carbons (Fsp3) is 0.571. The third-order valence-electron chi connectivity index (χ3n) is 4.27. The van der Waals surface area contributed by atoms with Crippen LogP contribution in [-0.4, -0.2) is 38.0 Å². The van der Waals surface area contributed by atoms with Crippen LogP contribution >= 0.6 is 0 Å². The Labute approximate surface area is 114 Å². The summed E-state index contributed by atoms with van der Waals surface area (Å²) < 4.78 is 22.9. The van der Waals surface area contributed by atoms with Crippen LogP contribution in [0.15, 0.2) is 29.2 Å². The first-order chi connectivity index (χ1) is 8.95. The Bertz CT molecular complexity index is 553. The number of rotatable bonds is 2. The first-order valence-electron chi connectivity index (χ1n) is 6.71. The maximum absolute atomic E-state index is 11.5. The molecule has 5 heteroatoms. The van der Waals surface area contributed by atoms with E-state index in [1.54, 1.807) is 12.1 Å². The molecule has 0 aliphatic carbocycles. The van der Waals surface area contributed by atoms with Gasteiger partial charge < -0.3 is 10.0 Å². The van der Waals surface area contributed by atoms with Gasteiger partial charge in [-0.05, 0) is 49.9 Å². The molecule has 1 aromatic rings. The van der Waals surface area contributed by atoms with E-state index < -0.39 is 9.84 Å². The van der Waals surface area contributed by atoms with Crippen molar-refractivity contribution in [1.82, 2.24) is 0 Å². The molecule has 2 fully saturated rings. The van der Waals surface area contributed by atoms with Crippen molar-refractivity contribution in [2.24, 2.45) is 0 Å². The van der Waals surface area contributed by atoms with E-state index in [0.717, 1.165) is 31.4 Å². The molecule has 19 heavy (non-hydrogen) atoms. The molecule has 0 radical (unpaired) electrons. The molecule has 3 rings (SSSR count). The second kappa shape index (κ2) is 4.49. The van der Waals surface area contributed by atoms with Crippen molar-refractivity contribution in [2.75, 3.05) is 11.2 Å². The molecular weight excluding hydrogens is 262 g/mol. The van der Waals surface area contributed by atoms with Crippen LogP contribution in [0.1, 0.15) is 25.7 Å². The lowest BCUT2D eigenvalue weighted by molar-refractivity contribution is 0.126. The monoisotopic (exact) mass is 281 g/mol. The summed E-state index contributed by atoms with van der Waals surface area (Å²) in [6, 6.07) is 7.93. The number of aliphatic hydroxyl groups excluding tert-OH is 1. The summed E-state index contributed by atoms with van der Waals surface area (Å²) in [5.74, 6) is 0. The minimum atomic E-state index is -3.13. The van der Waals surface area contributed by atoms with Gasteiger partial charge in [0.05, 0.1) is 11.0 Å². The molecule has 0 amide bonds. The third kappa shape index (κ3) is 2.37. The summed E-state index contributed by atoms with van der Waals surface area (Å²) in [4.78, 5) is 2.72. The van der Waals surface area contributed by atoms with E-state index in [0.29, 0.717) is 17.0 Å². The average molecular weight is 281 g/mol. The van der Waals surface area contributed by atoms with Gasteiger partial charge in [0.25, 0.3) is 0 Å². The van der Waals surface area contributed by atoms with Crippen molar-refractivity contribution in [3.63, 3.8) is 0 Å². The van der Waals surface area contributed by atoms with Crippen LogP contribution in [0, 0.1) is 0 Å². The maximum atomic E-state index is 11.5. The smallest absolute Gasteiger partial charge is 0.175 e. The Morgan fingerprint density at radius 1 is 1.11 bits per heavy atom. The summed E-state index contributed by atoms with van der Waals surface area (Å²) in [7, 11) is -3.13. The number of fused-ring (bicyclic) bond motifs is 2. The number of nitrogens with zero attached hydrogens (tertiary/aromatic N) is 1. The largest absolute Gasteiger partial charge is 0.393 e. The second-order valence-electron chi connectivity index (χ2n) is 5.68. The van der Waals surface area contributed by atoms with E-state index in [1.807, 2.05) is 12.1 Å². The zero-order chi connectivity index (χ0) is 13.6. The molecule has 0 aromatic heterocycles. The lowest BCUT2D eigenvalue weighted by Gasteiger charge is -2.39. The van der Waals surface area contributed by atoms with E-state index in [1.165, 1.54) is 6.26 Å². The molecule has 2 atom stereocenters. The van der Waals surface area contributed by atoms with Gasteiger partial charge in [0.1, 0.15) is 0 Å². The molecule has 2 aliphatic rings. The highest BCUT2D eigenvalue weighted by atomic mass is 32.2. The fourth-order valence-electron chi connectivity index (χ4n) is 3.44. The molecule has 2 bridgehead atoms. The summed E-state index contributed by atoms with van der Waals surface area (Å²) >= 11 is 0. The van der Waals surface area contributed by atoms with Gasteiger partial charge in [-0.2, -0.15) is 0 Å². The number of hydrogen-bond donors (Lipinski definition) is 1. The van der Waals surface area contributed by atoms with Crippen molar-refractivity contribution in [3.05, 3.63) is 24.3 Å². The van der Waals surface area contributed by atoms with E-state index >= 15 is 0 Å². The van der Waals surface area contributed by atoms with E-state index in [4.69, 9.17) is 0 Å². The van der Waals surface area contributed by atoms with E-state index in [-0.39, 0.29) is 6.10 Å². The molecule has 2 unspecified atom stereocenters. The van der Waals surface area contributed by atoms with Crippen molar-refractivity contribution >= 4 is 15.5 Å². The van der Waals surface area contributed by atoms with Crippen LogP contribution in [0.3, 0.4) is 0 Å². The van der Waals surface area contributed by atoms with Gasteiger partial charge in [-0.15, -0.1) is 0 Å². The van der Waals surface area contributed by atoms with Gasteiger partial charge in [0.15, 0.2) is 9.84 Å². The quantitative estimate of drug-likeness (QED) is 0.894. The normalized spacial score (nSPS) is 30.6. The summed E-state index contributed by atoms with van der Waals surface area (Å²) in [6.45, 7) is 0. The van der Waals surface area contributed by atoms with Crippen LogP contribution in [0.5, 0.6) is 0 Å². The first kappa shape index (κ1) is 12.9. The third-order valence-corrected chi connectivity index (χ3v) is 5.40. The minimum absolute atomic E-state index is 0.177. The maximum Gasteiger partial charge on any atom is 0.175 e. The van der Waals surface area contributed by atoms with Gasteiger partial charge in [0, 0.05) is 24.0 Å². The molecule has 1 aromatic carbocycles. The Balaban J connectivity index is 1.88. The Morgan fingerprint density at radius 3 is 2.11 bits per heavy atom. The van der Waals surface area contributed by atoms with Gasteiger partial charge in [-0.1, -0.05) is 0 Å². The SMILES string of the molecule is CS(=O)(=O)c1ccc(N2C3CCC2CC(O)C3)cc1. The van der Waals surface area contributed by atoms with Gasteiger partial charge in [-0.3, -0.25) is 0 Å². The molecule has 1 N–H and O–H groups in total. The molecule has 2 aliphatic heterocycles. The van der Waals surface area contributed by atoms with Gasteiger partial charge in [0.2, 0.25) is 0 Å². The number of aliphatic hydroxyl groups is 1. The predicted molar refractivity (Wildman–Crippen MR) is 74.1 cm³/mol. The summed E-state index contributed by atoms with van der Waals surface area (Å²) in [5.41, 5.74) is 1.08. The Morgan fingerprint density at radius 2 is 1.63 bits per heavy atom. The van der Waals surface area contributed by atoms with Crippen molar-refractivity contribution in [3.8, 4) is 0 Å². The van der Waals surface area contributed by atoms with Gasteiger partial charge in [-0.25, -0.2) is 8.42 Å². The zero-order valence-corrected chi connectivity index (χ0v) is 11.8. The Hall–Kier alpha value is -1.07. The lowest BCUT2D eigenvalue weighted by Crippen LogP contribution is -2.44. The van der Waals surface area contributed by atoms with Crippen LogP contribution in [0.2, 0.25) is 0 Å². The van der Waals surface area contributed by atoms with Crippen LogP contribution in [0.25, 0.3) is 0 Å². The molecule has 2 heterocycles. The van der Waals surface area contributed by atoms with E-state index in [2.05, 4.69) is 4.90 Å². The fourth-order valence-corrected chi connectivity index (χ4v) is 4.07. The van der Waals surface area contributed by atoms with Crippen molar-refractivity contribution in [1.29, 1.82) is 0 Å². The topological polar surface area (TPSA) is 57.6 Å². The number of hydrogen-bond acceptors (Lipinski definition) is 4. The second-order valence-corrected chi connectivity index (χ2v) is 7.70. The highest BCUT2D eigenvalue weighted by Crippen LogP contribution is 2.39. The Kier molecular flexibility index (Phi) is 3.06. The molecular formula is C14H19NO3S. The number of anilines is 1. The highest BCUT2D eigenvalue weighted by molar-refractivity contribution is 7.90. The lowest BCUT2D eigenvalue weighted by atomic mass is 9.99. The van der Waals surface area contributed by atoms with Crippen LogP contribution in [-0.2, 0) is 9.84 Å². The number of piperidine rings is 1. The molecule has 2 saturated heterocycles. The molecule has 104 valence electrons. The number of sulfone groups is 1. The standard InChI is InChI=1S/C14H19NO3S/c1-19(17,18)14-6-4-10(5-7-14)15-11-2-3-12(15)9-13(16)8-11/h4-7,11-13,16H,2-3,8-9H2,1H3. The number of benzene rings is 1. The molecule has 4 nitrogen and oxygen atoms in total. The average Bonchev–Trinajstić information content (AvgIpc) is 2.61. The van der Waals surface area contributed by atoms with E-state index in [9.17, 15) is 13.5 Å². The molecule has 0 saturated carbocycles. The summed E-state index contributed by atoms with van der Waals surface area (Å²) in [6.07, 6.45) is 4.94. The van der Waals surface area contributed by atoms with Crippen LogP contribution < -0.4 is 4.90 Å².